The summed E-state index contributed by atoms with van der Waals surface area (Å²) in [6, 6.07) is 6.62. The first-order chi connectivity index (χ1) is 16.1. The van der Waals surface area contributed by atoms with E-state index in [1.807, 2.05) is 0 Å². The number of hydrogen-bond acceptors (Lipinski definition) is 5. The Labute approximate surface area is 202 Å². The van der Waals surface area contributed by atoms with Gasteiger partial charge in [-0.25, -0.2) is 4.68 Å². The molecule has 2 aromatic carbocycles. The second kappa shape index (κ2) is 9.27. The summed E-state index contributed by atoms with van der Waals surface area (Å²) >= 11 is 11.9. The molecule has 0 fully saturated rings. The summed E-state index contributed by atoms with van der Waals surface area (Å²) in [5.74, 6) is 0.120. The van der Waals surface area contributed by atoms with Gasteiger partial charge in [0.1, 0.15) is 11.4 Å². The predicted octanol–water partition coefficient (Wildman–Crippen LogP) is 6.12. The Hall–Kier alpha value is -3.11. The number of aromatic nitrogens is 2. The standard InChI is InChI=1S/C22H19Cl2F3N4O3/c1-33-17-6-3-11(7-18(17)34-2)16-9-19(22(25,26)27)31-20(30-16)13(10-28-31)21(32)29-12-4-5-14(23)15(24)8-12/h3-8,10,16,19,30H,9H2,1-2H3,(H,29,32)/t16-,19-/m1/s1. The molecule has 3 aromatic rings. The summed E-state index contributed by atoms with van der Waals surface area (Å²) in [5, 5.41) is 10.0. The van der Waals surface area contributed by atoms with E-state index in [9.17, 15) is 18.0 Å². The number of rotatable bonds is 5. The van der Waals surface area contributed by atoms with Crippen molar-refractivity contribution >= 4 is 40.6 Å². The Bertz CT molecular complexity index is 1230. The summed E-state index contributed by atoms with van der Waals surface area (Å²) < 4.78 is 53.1. The first kappa shape index (κ1) is 24.0. The molecule has 7 nitrogen and oxygen atoms in total. The number of carbonyl (C=O) groups excluding carboxylic acids is 1. The fraction of sp³-hybridized carbons (Fsp3) is 0.273. The van der Waals surface area contributed by atoms with E-state index in [4.69, 9.17) is 32.7 Å². The molecular weight excluding hydrogens is 496 g/mol. The minimum Gasteiger partial charge on any atom is -0.493 e. The van der Waals surface area contributed by atoms with Gasteiger partial charge in [0, 0.05) is 12.1 Å². The topological polar surface area (TPSA) is 77.4 Å². The maximum Gasteiger partial charge on any atom is 0.410 e. The number of carbonyl (C=O) groups is 1. The molecule has 34 heavy (non-hydrogen) atoms. The zero-order chi connectivity index (χ0) is 24.6. The number of nitrogens with zero attached hydrogens (tertiary/aromatic N) is 2. The lowest BCUT2D eigenvalue weighted by molar-refractivity contribution is -0.173. The van der Waals surface area contributed by atoms with Crippen molar-refractivity contribution in [3.63, 3.8) is 0 Å². The predicted molar refractivity (Wildman–Crippen MR) is 122 cm³/mol. The van der Waals surface area contributed by atoms with Crippen LogP contribution in [-0.2, 0) is 0 Å². The molecule has 4 rings (SSSR count). The number of fused-ring (bicyclic) bond motifs is 1. The Balaban J connectivity index is 1.69. The SMILES string of the molecule is COc1ccc([C@H]2C[C@H](C(F)(F)F)n3ncc(C(=O)Nc4ccc(Cl)c(Cl)c4)c3N2)cc1OC. The molecular formula is C22H19Cl2F3N4O3. The lowest BCUT2D eigenvalue weighted by atomic mass is 9.96. The minimum atomic E-state index is -4.59. The molecule has 0 spiro atoms. The van der Waals surface area contributed by atoms with E-state index in [2.05, 4.69) is 15.7 Å². The van der Waals surface area contributed by atoms with Gasteiger partial charge >= 0.3 is 6.18 Å². The molecule has 1 aromatic heterocycles. The van der Waals surface area contributed by atoms with Crippen molar-refractivity contribution in [3.05, 3.63) is 63.8 Å². The van der Waals surface area contributed by atoms with Gasteiger partial charge in [0.05, 0.1) is 36.5 Å². The number of alkyl halides is 3. The molecule has 0 unspecified atom stereocenters. The molecule has 180 valence electrons. The number of amides is 1. The number of halogens is 5. The maximum absolute atomic E-state index is 14.0. The van der Waals surface area contributed by atoms with Crippen molar-refractivity contribution in [2.75, 3.05) is 24.9 Å². The number of benzene rings is 2. The zero-order valence-electron chi connectivity index (χ0n) is 17.9. The Morgan fingerprint density at radius 3 is 2.50 bits per heavy atom. The average molecular weight is 515 g/mol. The molecule has 1 aliphatic rings. The maximum atomic E-state index is 14.0. The molecule has 2 N–H and O–H groups in total. The molecule has 0 aliphatic carbocycles. The van der Waals surface area contributed by atoms with Crippen molar-refractivity contribution in [2.45, 2.75) is 24.7 Å². The van der Waals surface area contributed by atoms with Crippen molar-refractivity contribution in [2.24, 2.45) is 0 Å². The van der Waals surface area contributed by atoms with Crippen LogP contribution in [0.25, 0.3) is 0 Å². The second-order valence-electron chi connectivity index (χ2n) is 7.54. The normalized spacial score (nSPS) is 17.5. The van der Waals surface area contributed by atoms with Crippen LogP contribution in [0.3, 0.4) is 0 Å². The van der Waals surface area contributed by atoms with Gasteiger partial charge in [-0.05, 0) is 35.9 Å². The van der Waals surface area contributed by atoms with Crippen LogP contribution in [0.5, 0.6) is 11.5 Å². The van der Waals surface area contributed by atoms with Crippen LogP contribution in [0.1, 0.15) is 34.4 Å². The van der Waals surface area contributed by atoms with E-state index in [1.54, 1.807) is 18.2 Å². The van der Waals surface area contributed by atoms with Crippen molar-refractivity contribution < 1.29 is 27.4 Å². The van der Waals surface area contributed by atoms with Gasteiger partial charge in [-0.2, -0.15) is 18.3 Å². The third kappa shape index (κ3) is 4.60. The molecule has 0 saturated carbocycles. The van der Waals surface area contributed by atoms with Gasteiger partial charge in [0.25, 0.3) is 5.91 Å². The first-order valence-corrected chi connectivity index (χ1v) is 10.8. The van der Waals surface area contributed by atoms with E-state index >= 15 is 0 Å². The number of anilines is 2. The summed E-state index contributed by atoms with van der Waals surface area (Å²) in [7, 11) is 2.91. The highest BCUT2D eigenvalue weighted by molar-refractivity contribution is 6.42. The van der Waals surface area contributed by atoms with E-state index in [0.29, 0.717) is 27.8 Å². The highest BCUT2D eigenvalue weighted by atomic mass is 35.5. The molecule has 1 amide bonds. The third-order valence-electron chi connectivity index (χ3n) is 5.47. The van der Waals surface area contributed by atoms with Crippen LogP contribution >= 0.6 is 23.2 Å². The fourth-order valence-corrected chi connectivity index (χ4v) is 4.09. The first-order valence-electron chi connectivity index (χ1n) is 10.0. The third-order valence-corrected chi connectivity index (χ3v) is 6.21. The molecule has 0 radical (unpaired) electrons. The number of ether oxygens (including phenoxy) is 2. The van der Waals surface area contributed by atoms with Crippen LogP contribution in [-0.4, -0.2) is 36.1 Å². The largest absolute Gasteiger partial charge is 0.493 e. The van der Waals surface area contributed by atoms with Crippen LogP contribution in [0, 0.1) is 0 Å². The molecule has 0 bridgehead atoms. The van der Waals surface area contributed by atoms with E-state index in [0.717, 1.165) is 10.9 Å². The minimum absolute atomic E-state index is 0.0501. The van der Waals surface area contributed by atoms with Crippen LogP contribution in [0.2, 0.25) is 10.0 Å². The summed E-state index contributed by atoms with van der Waals surface area (Å²) in [6.45, 7) is 0. The number of nitrogens with one attached hydrogen (secondary N) is 2. The summed E-state index contributed by atoms with van der Waals surface area (Å²) in [5.41, 5.74) is 0.819. The molecule has 12 heteroatoms. The smallest absolute Gasteiger partial charge is 0.410 e. The fourth-order valence-electron chi connectivity index (χ4n) is 3.79. The second-order valence-corrected chi connectivity index (χ2v) is 8.35. The monoisotopic (exact) mass is 514 g/mol. The number of hydrogen-bond donors (Lipinski definition) is 2. The highest BCUT2D eigenvalue weighted by Gasteiger charge is 2.47. The Kier molecular flexibility index (Phi) is 6.55. The van der Waals surface area contributed by atoms with Gasteiger partial charge in [0.15, 0.2) is 17.5 Å². The van der Waals surface area contributed by atoms with Crippen LogP contribution in [0.4, 0.5) is 24.7 Å². The van der Waals surface area contributed by atoms with Crippen LogP contribution in [0.15, 0.2) is 42.6 Å². The molecule has 2 atom stereocenters. The van der Waals surface area contributed by atoms with E-state index < -0.39 is 24.2 Å². The summed E-state index contributed by atoms with van der Waals surface area (Å²) in [4.78, 5) is 12.9. The van der Waals surface area contributed by atoms with Gasteiger partial charge < -0.3 is 20.1 Å². The molecule has 1 aliphatic heterocycles. The Morgan fingerprint density at radius 1 is 1.12 bits per heavy atom. The summed E-state index contributed by atoms with van der Waals surface area (Å²) in [6.07, 6.45) is -3.82. The van der Waals surface area contributed by atoms with E-state index in [1.165, 1.54) is 32.4 Å². The van der Waals surface area contributed by atoms with Crippen molar-refractivity contribution in [1.82, 2.24) is 9.78 Å². The van der Waals surface area contributed by atoms with Gasteiger partial charge in [-0.15, -0.1) is 0 Å². The highest BCUT2D eigenvalue weighted by Crippen LogP contribution is 2.45. The number of methoxy groups -OCH3 is 2. The molecule has 2 heterocycles. The van der Waals surface area contributed by atoms with Crippen LogP contribution < -0.4 is 20.1 Å². The zero-order valence-corrected chi connectivity index (χ0v) is 19.4. The lowest BCUT2D eigenvalue weighted by Gasteiger charge is -2.34. The van der Waals surface area contributed by atoms with Gasteiger partial charge in [-0.3, -0.25) is 4.79 Å². The van der Waals surface area contributed by atoms with Crippen molar-refractivity contribution in [3.8, 4) is 11.5 Å². The van der Waals surface area contributed by atoms with E-state index in [-0.39, 0.29) is 22.8 Å². The molecule has 0 saturated heterocycles. The van der Waals surface area contributed by atoms with Gasteiger partial charge in [0.2, 0.25) is 0 Å². The Morgan fingerprint density at radius 2 is 1.85 bits per heavy atom. The van der Waals surface area contributed by atoms with Gasteiger partial charge in [-0.1, -0.05) is 29.3 Å². The lowest BCUT2D eigenvalue weighted by Crippen LogP contribution is -2.36. The quantitative estimate of drug-likeness (QED) is 0.428. The average Bonchev–Trinajstić information content (AvgIpc) is 3.23. The van der Waals surface area contributed by atoms with Crippen molar-refractivity contribution in [1.29, 1.82) is 0 Å².